The lowest BCUT2D eigenvalue weighted by molar-refractivity contribution is -0.120. The second-order valence-electron chi connectivity index (χ2n) is 15.7. The van der Waals surface area contributed by atoms with Gasteiger partial charge in [0, 0.05) is 62.8 Å². The average molecular weight is 805 g/mol. The molecule has 0 aliphatic carbocycles. The van der Waals surface area contributed by atoms with Gasteiger partial charge >= 0.3 is 6.03 Å². The fourth-order valence-corrected chi connectivity index (χ4v) is 9.78. The van der Waals surface area contributed by atoms with Crippen molar-refractivity contribution in [3.63, 3.8) is 0 Å². The van der Waals surface area contributed by atoms with Crippen molar-refractivity contribution in [3.8, 4) is 6.07 Å². The lowest BCUT2D eigenvalue weighted by Crippen LogP contribution is -2.49. The molecule has 17 heteroatoms. The smallest absolute Gasteiger partial charge is 0.329 e. The van der Waals surface area contributed by atoms with Crippen molar-refractivity contribution in [2.45, 2.75) is 81.8 Å². The fraction of sp³-hybridized carbons (Fsp3) is 0.439. The molecule has 3 aromatic heterocycles. The fourth-order valence-electron chi connectivity index (χ4n) is 8.28. The summed E-state index contributed by atoms with van der Waals surface area (Å²) < 4.78 is 32.9. The maximum atomic E-state index is 13.9. The third-order valence-electron chi connectivity index (χ3n) is 11.7. The van der Waals surface area contributed by atoms with E-state index < -0.39 is 16.1 Å². The van der Waals surface area contributed by atoms with E-state index in [-0.39, 0.29) is 35.3 Å². The molecule has 5 aromatic rings. The van der Waals surface area contributed by atoms with Gasteiger partial charge in [0.2, 0.25) is 21.9 Å². The number of imide groups is 1. The third-order valence-corrected chi connectivity index (χ3v) is 13.6. The van der Waals surface area contributed by atoms with Crippen LogP contribution in [0.15, 0.2) is 59.8 Å². The SMILES string of the molecule is CC(/C=C/c1cc(S(=O)(=O)N2CCC(Nc3ncc4cnn(C(C)C)c4n3)CC2)ccc1C#N)N1CCC(c2ccc3c(N4CCC(=O)NC4=O)nn(C)c3c2)CC1. The van der Waals surface area contributed by atoms with Gasteiger partial charge in [-0.25, -0.2) is 22.9 Å². The molecule has 58 heavy (non-hydrogen) atoms. The number of nitrogens with zero attached hydrogens (tertiary/aromatic N) is 10. The van der Waals surface area contributed by atoms with Crippen molar-refractivity contribution < 1.29 is 18.0 Å². The minimum absolute atomic E-state index is 0.0217. The number of rotatable bonds is 10. The third kappa shape index (κ3) is 7.66. The summed E-state index contributed by atoms with van der Waals surface area (Å²) >= 11 is 0. The summed E-state index contributed by atoms with van der Waals surface area (Å²) in [5.74, 6) is 1.14. The predicted octanol–water partition coefficient (Wildman–Crippen LogP) is 5.16. The quantitative estimate of drug-likeness (QED) is 0.190. The van der Waals surface area contributed by atoms with Crippen LogP contribution in [0.4, 0.5) is 16.6 Å². The summed E-state index contributed by atoms with van der Waals surface area (Å²) in [7, 11) is -1.92. The van der Waals surface area contributed by atoms with Crippen molar-refractivity contribution in [1.82, 2.24) is 44.1 Å². The molecule has 3 saturated heterocycles. The summed E-state index contributed by atoms with van der Waals surface area (Å²) in [5.41, 5.74) is 3.92. The number of aromatic nitrogens is 6. The predicted molar refractivity (Wildman–Crippen MR) is 221 cm³/mol. The Labute approximate surface area is 337 Å². The van der Waals surface area contributed by atoms with Crippen LogP contribution in [-0.4, -0.2) is 104 Å². The molecule has 16 nitrogen and oxygen atoms in total. The monoisotopic (exact) mass is 804 g/mol. The number of amides is 3. The largest absolute Gasteiger partial charge is 0.351 e. The second kappa shape index (κ2) is 15.9. The minimum Gasteiger partial charge on any atom is -0.351 e. The Balaban J connectivity index is 0.879. The number of hydrogen-bond donors (Lipinski definition) is 2. The zero-order chi connectivity index (χ0) is 40.7. The number of urea groups is 1. The van der Waals surface area contributed by atoms with Crippen LogP contribution in [0.5, 0.6) is 0 Å². The van der Waals surface area contributed by atoms with Crippen LogP contribution in [0, 0.1) is 11.3 Å². The first-order valence-corrected chi connectivity index (χ1v) is 21.3. The van der Waals surface area contributed by atoms with Crippen LogP contribution in [0.2, 0.25) is 0 Å². The molecule has 0 spiro atoms. The van der Waals surface area contributed by atoms with Gasteiger partial charge in [-0.1, -0.05) is 18.2 Å². The van der Waals surface area contributed by atoms with Crippen LogP contribution >= 0.6 is 0 Å². The Bertz CT molecular complexity index is 2560. The molecule has 2 aromatic carbocycles. The van der Waals surface area contributed by atoms with E-state index in [1.807, 2.05) is 43.8 Å². The topological polar surface area (TPSA) is 187 Å². The van der Waals surface area contributed by atoms with E-state index in [9.17, 15) is 23.3 Å². The van der Waals surface area contributed by atoms with Gasteiger partial charge in [-0.15, -0.1) is 0 Å². The van der Waals surface area contributed by atoms with Crippen LogP contribution in [-0.2, 0) is 21.9 Å². The molecule has 0 saturated carbocycles. The molecule has 3 fully saturated rings. The van der Waals surface area contributed by atoms with Gasteiger partial charge < -0.3 is 5.32 Å². The Kier molecular flexibility index (Phi) is 10.7. The number of fused-ring (bicyclic) bond motifs is 2. The molecule has 3 aliphatic rings. The first-order chi connectivity index (χ1) is 27.9. The highest BCUT2D eigenvalue weighted by Gasteiger charge is 2.31. The standard InChI is InChI=1S/C41H48N12O4S/c1-26(2)53-38-32(25-44-53)24-43-40(47-38)45-33-13-18-51(19-14-33)58(56,57)34-9-7-31(23-42)29(21-34)6-5-27(3)50-16-11-28(12-17-50)30-8-10-35-36(22-30)49(4)48-39(35)52-20-15-37(54)46-41(52)55/h5-10,21-22,24-28,33H,11-20H2,1-4H3,(H,43,45,47)(H,46,54,55)/b6-5+. The minimum atomic E-state index is -3.79. The molecule has 0 bridgehead atoms. The molecule has 3 aliphatic heterocycles. The number of hydrogen-bond acceptors (Lipinski definition) is 11. The molecule has 8 rings (SSSR count). The number of aryl methyl sites for hydroxylation is 1. The molecule has 1 atom stereocenters. The van der Waals surface area contributed by atoms with E-state index in [1.165, 1.54) is 20.8 Å². The maximum Gasteiger partial charge on any atom is 0.329 e. The lowest BCUT2D eigenvalue weighted by atomic mass is 9.88. The van der Waals surface area contributed by atoms with Gasteiger partial charge in [-0.2, -0.15) is 24.7 Å². The first-order valence-electron chi connectivity index (χ1n) is 19.9. The van der Waals surface area contributed by atoms with Crippen molar-refractivity contribution in [3.05, 3.63) is 71.6 Å². The molecule has 1 unspecified atom stereocenters. The lowest BCUT2D eigenvalue weighted by Gasteiger charge is -2.35. The number of likely N-dealkylation sites (tertiary alicyclic amines) is 1. The van der Waals surface area contributed by atoms with Crippen LogP contribution in [0.3, 0.4) is 0 Å². The Morgan fingerprint density at radius 2 is 1.76 bits per heavy atom. The molecular weight excluding hydrogens is 757 g/mol. The highest BCUT2D eigenvalue weighted by molar-refractivity contribution is 7.89. The van der Waals surface area contributed by atoms with Crippen LogP contribution in [0.1, 0.15) is 81.5 Å². The number of piperidine rings is 2. The second-order valence-corrected chi connectivity index (χ2v) is 17.7. The number of anilines is 2. The van der Waals surface area contributed by atoms with E-state index in [0.717, 1.165) is 47.9 Å². The number of nitrogens with one attached hydrogen (secondary N) is 2. The van der Waals surface area contributed by atoms with Gasteiger partial charge in [0.15, 0.2) is 11.5 Å². The number of sulfonamides is 1. The van der Waals surface area contributed by atoms with Crippen molar-refractivity contribution in [1.29, 1.82) is 5.26 Å². The summed E-state index contributed by atoms with van der Waals surface area (Å²) in [6, 6.07) is 13.1. The van der Waals surface area contributed by atoms with Gasteiger partial charge in [0.1, 0.15) is 0 Å². The number of carbonyl (C=O) groups is 2. The molecule has 3 amide bonds. The van der Waals surface area contributed by atoms with Gasteiger partial charge in [-0.05, 0) is 107 Å². The molecule has 2 N–H and O–H groups in total. The van der Waals surface area contributed by atoms with Gasteiger partial charge in [-0.3, -0.25) is 24.6 Å². The van der Waals surface area contributed by atoms with E-state index >= 15 is 0 Å². The summed E-state index contributed by atoms with van der Waals surface area (Å²) in [6.45, 7) is 8.97. The normalized spacial score (nSPS) is 18.7. The van der Waals surface area contributed by atoms with Crippen molar-refractivity contribution in [2.24, 2.45) is 7.05 Å². The zero-order valence-corrected chi connectivity index (χ0v) is 34.0. The molecule has 0 radical (unpaired) electrons. The van der Waals surface area contributed by atoms with E-state index in [4.69, 9.17) is 0 Å². The highest BCUT2D eigenvalue weighted by Crippen LogP contribution is 2.34. The van der Waals surface area contributed by atoms with Gasteiger partial charge in [0.25, 0.3) is 0 Å². The Hall–Kier alpha value is -5.70. The maximum absolute atomic E-state index is 13.9. The first kappa shape index (κ1) is 39.1. The molecule has 302 valence electrons. The Morgan fingerprint density at radius 3 is 2.48 bits per heavy atom. The Morgan fingerprint density at radius 1 is 0.983 bits per heavy atom. The summed E-state index contributed by atoms with van der Waals surface area (Å²) in [5, 5.41) is 26.5. The highest BCUT2D eigenvalue weighted by atomic mass is 32.2. The van der Waals surface area contributed by atoms with E-state index in [0.29, 0.717) is 61.3 Å². The summed E-state index contributed by atoms with van der Waals surface area (Å²) in [4.78, 5) is 37.4. The average Bonchev–Trinajstić information content (AvgIpc) is 3.80. The van der Waals surface area contributed by atoms with Crippen LogP contribution in [0.25, 0.3) is 28.0 Å². The van der Waals surface area contributed by atoms with E-state index in [1.54, 1.807) is 29.2 Å². The number of nitriles is 1. The van der Waals surface area contributed by atoms with Gasteiger partial charge in [0.05, 0.1) is 33.6 Å². The van der Waals surface area contributed by atoms with Crippen LogP contribution < -0.4 is 15.5 Å². The molecule has 6 heterocycles. The number of carbonyl (C=O) groups excluding carboxylic acids is 2. The summed E-state index contributed by atoms with van der Waals surface area (Å²) in [6.07, 6.45) is 10.8. The molecular formula is C41H48N12O4S. The van der Waals surface area contributed by atoms with E-state index in [2.05, 4.69) is 60.8 Å². The van der Waals surface area contributed by atoms with Crippen molar-refractivity contribution in [2.75, 3.05) is 42.9 Å². The zero-order valence-electron chi connectivity index (χ0n) is 33.2. The van der Waals surface area contributed by atoms with Crippen molar-refractivity contribution >= 4 is 61.7 Å². The number of benzene rings is 2.